The number of rotatable bonds is 1. The predicted molar refractivity (Wildman–Crippen MR) is 149 cm³/mol. The minimum absolute atomic E-state index is 0.0896. The molecule has 8 rings (SSSR count). The minimum Gasteiger partial charge on any atom is -0.310 e. The lowest BCUT2D eigenvalue weighted by Crippen LogP contribution is -2.63. The highest BCUT2D eigenvalue weighted by atomic mass is 15.0. The summed E-state index contributed by atoms with van der Waals surface area (Å²) in [5.41, 5.74) is 13.7. The molecule has 3 heterocycles. The maximum Gasteiger partial charge on any atom is 0.247 e. The summed E-state index contributed by atoms with van der Waals surface area (Å²) < 4.78 is 2.55. The van der Waals surface area contributed by atoms with E-state index in [0.29, 0.717) is 0 Å². The Labute approximate surface area is 205 Å². The van der Waals surface area contributed by atoms with Gasteiger partial charge < -0.3 is 4.57 Å². The lowest BCUT2D eigenvalue weighted by atomic mass is 9.30. The SMILES string of the molecule is CC1(C)c2ccccc2B2c3ccccc3-n3c4ccccc4c4c(-c5ccccc5)cc1c2c43. The molecule has 0 bridgehead atoms. The van der Waals surface area contributed by atoms with E-state index >= 15 is 0 Å². The summed E-state index contributed by atoms with van der Waals surface area (Å²) in [6, 6.07) is 40.6. The van der Waals surface area contributed by atoms with E-state index in [9.17, 15) is 0 Å². The zero-order chi connectivity index (χ0) is 23.3. The number of nitrogens with zero attached hydrogens (tertiary/aromatic N) is 1. The third-order valence-corrected chi connectivity index (χ3v) is 8.46. The number of benzene rings is 5. The van der Waals surface area contributed by atoms with Gasteiger partial charge in [-0.15, -0.1) is 0 Å². The van der Waals surface area contributed by atoms with Gasteiger partial charge in [0.05, 0.1) is 11.0 Å². The first-order chi connectivity index (χ1) is 17.2. The number of hydrogen-bond acceptors (Lipinski definition) is 0. The molecule has 0 unspecified atom stereocenters. The van der Waals surface area contributed by atoms with Crippen molar-refractivity contribution in [3.8, 4) is 16.8 Å². The first-order valence-electron chi connectivity index (χ1n) is 12.5. The second-order valence-corrected chi connectivity index (χ2v) is 10.5. The second kappa shape index (κ2) is 6.55. The van der Waals surface area contributed by atoms with Crippen LogP contribution in [-0.2, 0) is 5.41 Å². The third-order valence-electron chi connectivity index (χ3n) is 8.46. The highest BCUT2D eigenvalue weighted by molar-refractivity contribution is 6.99. The van der Waals surface area contributed by atoms with Crippen LogP contribution < -0.4 is 16.4 Å². The molecule has 0 atom stereocenters. The van der Waals surface area contributed by atoms with Crippen LogP contribution in [0.4, 0.5) is 0 Å². The molecule has 0 saturated heterocycles. The fourth-order valence-corrected chi connectivity index (χ4v) is 6.97. The fourth-order valence-electron chi connectivity index (χ4n) is 6.97. The van der Waals surface area contributed by atoms with Crippen molar-refractivity contribution in [3.63, 3.8) is 0 Å². The van der Waals surface area contributed by atoms with Crippen LogP contribution in [0.5, 0.6) is 0 Å². The predicted octanol–water partition coefficient (Wildman–Crippen LogP) is 5.92. The maximum absolute atomic E-state index is 2.55. The van der Waals surface area contributed by atoms with Gasteiger partial charge in [-0.1, -0.05) is 110 Å². The van der Waals surface area contributed by atoms with Crippen molar-refractivity contribution in [2.75, 3.05) is 0 Å². The molecule has 0 spiro atoms. The molecule has 164 valence electrons. The Balaban J connectivity index is 1.68. The molecule has 0 radical (unpaired) electrons. The summed E-state index contributed by atoms with van der Waals surface area (Å²) in [6.45, 7) is 5.05. The van der Waals surface area contributed by atoms with Crippen LogP contribution in [0.25, 0.3) is 38.6 Å². The molecule has 0 N–H and O–H groups in total. The highest BCUT2D eigenvalue weighted by Gasteiger charge is 2.45. The second-order valence-electron chi connectivity index (χ2n) is 10.5. The van der Waals surface area contributed by atoms with E-state index in [1.165, 1.54) is 66.1 Å². The van der Waals surface area contributed by atoms with Gasteiger partial charge in [0.2, 0.25) is 6.71 Å². The number of para-hydroxylation sites is 2. The standard InChI is InChI=1S/C33H24BN/c1-33(2)24-15-7-8-16-26(24)34-27-17-9-11-19-29(27)35-28-18-10-6-14-22(28)30-23(21-12-4-3-5-13-21)20-25(33)31(34)32(30)35/h3-20H,1-2H3. The van der Waals surface area contributed by atoms with Crippen LogP contribution in [0.1, 0.15) is 25.0 Å². The van der Waals surface area contributed by atoms with Gasteiger partial charge in [0.1, 0.15) is 0 Å². The maximum atomic E-state index is 2.55. The Morgan fingerprint density at radius 2 is 1.34 bits per heavy atom. The van der Waals surface area contributed by atoms with Crippen LogP contribution >= 0.6 is 0 Å². The zero-order valence-corrected chi connectivity index (χ0v) is 19.9. The Kier molecular flexibility index (Phi) is 3.61. The van der Waals surface area contributed by atoms with E-state index in [-0.39, 0.29) is 12.1 Å². The van der Waals surface area contributed by atoms with Crippen LogP contribution in [0.2, 0.25) is 0 Å². The van der Waals surface area contributed by atoms with Crippen LogP contribution in [0.15, 0.2) is 109 Å². The van der Waals surface area contributed by atoms with Crippen LogP contribution in [0, 0.1) is 0 Å². The molecule has 0 fully saturated rings. The largest absolute Gasteiger partial charge is 0.310 e. The summed E-state index contributed by atoms with van der Waals surface area (Å²) in [5.74, 6) is 0. The van der Waals surface area contributed by atoms with Gasteiger partial charge in [0.15, 0.2) is 0 Å². The Morgan fingerprint density at radius 3 is 2.20 bits per heavy atom. The first kappa shape index (κ1) is 19.3. The minimum atomic E-state index is -0.0896. The van der Waals surface area contributed by atoms with Gasteiger partial charge >= 0.3 is 0 Å². The van der Waals surface area contributed by atoms with Gasteiger partial charge in [-0.2, -0.15) is 0 Å². The number of aromatic nitrogens is 1. The molecule has 2 heteroatoms. The number of hydrogen-bond donors (Lipinski definition) is 0. The average molecular weight is 445 g/mol. The summed E-state index contributed by atoms with van der Waals surface area (Å²) in [7, 11) is 0. The van der Waals surface area contributed by atoms with E-state index in [0.717, 1.165) is 0 Å². The third kappa shape index (κ3) is 2.30. The van der Waals surface area contributed by atoms with E-state index in [2.05, 4.69) is 128 Å². The normalized spacial score (nSPS) is 14.7. The molecule has 5 aromatic carbocycles. The van der Waals surface area contributed by atoms with Crippen LogP contribution in [0.3, 0.4) is 0 Å². The van der Waals surface area contributed by atoms with E-state index in [1.807, 2.05) is 0 Å². The van der Waals surface area contributed by atoms with Crippen molar-refractivity contribution in [1.82, 2.24) is 4.57 Å². The Hall–Kier alpha value is -4.04. The molecule has 6 aromatic rings. The average Bonchev–Trinajstić information content (AvgIpc) is 3.25. The van der Waals surface area contributed by atoms with Crippen molar-refractivity contribution < 1.29 is 0 Å². The quantitative estimate of drug-likeness (QED) is 0.277. The van der Waals surface area contributed by atoms with Gasteiger partial charge in [-0.05, 0) is 51.4 Å². The summed E-state index contributed by atoms with van der Waals surface area (Å²) in [4.78, 5) is 0. The monoisotopic (exact) mass is 445 g/mol. The molecule has 1 aromatic heterocycles. The fraction of sp³-hybridized carbons (Fsp3) is 0.0909. The van der Waals surface area contributed by atoms with Crippen LogP contribution in [-0.4, -0.2) is 11.3 Å². The molecule has 35 heavy (non-hydrogen) atoms. The summed E-state index contributed by atoms with van der Waals surface area (Å²) in [5, 5.41) is 2.71. The van der Waals surface area contributed by atoms with Crippen molar-refractivity contribution in [2.24, 2.45) is 0 Å². The van der Waals surface area contributed by atoms with Crippen molar-refractivity contribution in [2.45, 2.75) is 19.3 Å². The number of fused-ring (bicyclic) bond motifs is 8. The molecule has 1 nitrogen and oxygen atoms in total. The Morgan fingerprint density at radius 1 is 0.657 bits per heavy atom. The molecule has 2 aliphatic heterocycles. The van der Waals surface area contributed by atoms with Gasteiger partial charge in [-0.25, -0.2) is 0 Å². The summed E-state index contributed by atoms with van der Waals surface area (Å²) >= 11 is 0. The molecular formula is C33H24BN. The zero-order valence-electron chi connectivity index (χ0n) is 19.9. The lowest BCUT2D eigenvalue weighted by molar-refractivity contribution is 0.646. The summed E-state index contributed by atoms with van der Waals surface area (Å²) in [6.07, 6.45) is 0. The molecule has 0 saturated carbocycles. The first-order valence-corrected chi connectivity index (χ1v) is 12.5. The lowest BCUT2D eigenvalue weighted by Gasteiger charge is -2.42. The van der Waals surface area contributed by atoms with Crippen molar-refractivity contribution >= 4 is 44.9 Å². The van der Waals surface area contributed by atoms with Gasteiger partial charge in [-0.3, -0.25) is 0 Å². The van der Waals surface area contributed by atoms with E-state index < -0.39 is 0 Å². The van der Waals surface area contributed by atoms with Gasteiger partial charge in [0, 0.05) is 21.9 Å². The molecule has 0 aliphatic carbocycles. The topological polar surface area (TPSA) is 4.93 Å². The highest BCUT2D eigenvalue weighted by Crippen LogP contribution is 2.44. The van der Waals surface area contributed by atoms with Gasteiger partial charge in [0.25, 0.3) is 0 Å². The molecule has 0 amide bonds. The van der Waals surface area contributed by atoms with Crippen molar-refractivity contribution in [3.05, 3.63) is 120 Å². The van der Waals surface area contributed by atoms with E-state index in [1.54, 1.807) is 0 Å². The van der Waals surface area contributed by atoms with Crippen molar-refractivity contribution in [1.29, 1.82) is 0 Å². The smallest absolute Gasteiger partial charge is 0.247 e. The molecular weight excluding hydrogens is 421 g/mol. The molecule has 2 aliphatic rings. The Bertz CT molecular complexity index is 1820. The van der Waals surface area contributed by atoms with E-state index in [4.69, 9.17) is 0 Å².